The van der Waals surface area contributed by atoms with Crippen molar-refractivity contribution in [2.24, 2.45) is 0 Å². The average molecular weight is 359 g/mol. The van der Waals surface area contributed by atoms with Crippen molar-refractivity contribution in [3.8, 4) is 0 Å². The van der Waals surface area contributed by atoms with Crippen LogP contribution < -0.4 is 10.6 Å². The van der Waals surface area contributed by atoms with Crippen LogP contribution in [0, 0.1) is 0 Å². The lowest BCUT2D eigenvalue weighted by Gasteiger charge is -2.20. The first-order valence-electron chi connectivity index (χ1n) is 6.82. The number of imide groups is 1. The molecule has 0 fully saturated rings. The molecule has 0 aliphatic carbocycles. The number of ether oxygens (including phenoxy) is 1. The normalized spacial score (nSPS) is 10.8. The van der Waals surface area contributed by atoms with Crippen LogP contribution in [0.2, 0.25) is 5.02 Å². The number of esters is 1. The fourth-order valence-corrected chi connectivity index (χ4v) is 2.22. The maximum Gasteiger partial charge on any atom is 0.321 e. The number of amides is 3. The molecule has 8 heteroatoms. The summed E-state index contributed by atoms with van der Waals surface area (Å²) in [7, 11) is 0. The van der Waals surface area contributed by atoms with Gasteiger partial charge in [0.05, 0.1) is 5.75 Å². The summed E-state index contributed by atoms with van der Waals surface area (Å²) >= 11 is 7.03. The number of hydrogen-bond donors (Lipinski definition) is 2. The average Bonchev–Trinajstić information content (AvgIpc) is 2.42. The van der Waals surface area contributed by atoms with Gasteiger partial charge in [-0.05, 0) is 45.0 Å². The fourth-order valence-electron chi connectivity index (χ4n) is 1.40. The van der Waals surface area contributed by atoms with E-state index in [1.165, 1.54) is 11.8 Å². The Balaban J connectivity index is 2.26. The van der Waals surface area contributed by atoms with Crippen molar-refractivity contribution < 1.29 is 19.1 Å². The molecule has 0 saturated heterocycles. The molecule has 0 atom stereocenters. The Bertz CT molecular complexity index is 570. The van der Waals surface area contributed by atoms with Crippen LogP contribution in [0.4, 0.5) is 4.79 Å². The second-order valence-electron chi connectivity index (χ2n) is 5.66. The number of nitrogens with one attached hydrogen (secondary N) is 2. The maximum atomic E-state index is 11.6. The lowest BCUT2D eigenvalue weighted by Crippen LogP contribution is -2.49. The van der Waals surface area contributed by atoms with Gasteiger partial charge in [-0.3, -0.25) is 14.9 Å². The number of urea groups is 1. The van der Waals surface area contributed by atoms with Crippen LogP contribution in [0.15, 0.2) is 29.2 Å². The molecule has 1 aromatic carbocycles. The number of carbonyl (C=O) groups is 3. The van der Waals surface area contributed by atoms with E-state index < -0.39 is 30.1 Å². The lowest BCUT2D eigenvalue weighted by molar-refractivity contribution is -0.145. The van der Waals surface area contributed by atoms with E-state index in [4.69, 9.17) is 16.3 Å². The zero-order chi connectivity index (χ0) is 17.5. The Morgan fingerprint density at radius 2 is 1.78 bits per heavy atom. The molecule has 1 rings (SSSR count). The molecule has 2 N–H and O–H groups in total. The van der Waals surface area contributed by atoms with Gasteiger partial charge in [-0.1, -0.05) is 11.6 Å². The van der Waals surface area contributed by atoms with Crippen molar-refractivity contribution >= 4 is 41.3 Å². The SMILES string of the molecule is CC(C)(C)NC(=O)NC(=O)COC(=O)CSc1ccc(Cl)cc1. The second kappa shape index (κ2) is 8.79. The van der Waals surface area contributed by atoms with E-state index in [-0.39, 0.29) is 5.75 Å². The first-order chi connectivity index (χ1) is 10.7. The van der Waals surface area contributed by atoms with E-state index in [0.29, 0.717) is 5.02 Å². The molecule has 0 aromatic heterocycles. The van der Waals surface area contributed by atoms with Crippen LogP contribution in [0.1, 0.15) is 20.8 Å². The van der Waals surface area contributed by atoms with Crippen molar-refractivity contribution in [3.05, 3.63) is 29.3 Å². The van der Waals surface area contributed by atoms with Gasteiger partial charge in [0.1, 0.15) is 0 Å². The van der Waals surface area contributed by atoms with Crippen LogP contribution >= 0.6 is 23.4 Å². The van der Waals surface area contributed by atoms with E-state index in [0.717, 1.165) is 4.90 Å². The molecule has 3 amide bonds. The number of thioether (sulfide) groups is 1. The van der Waals surface area contributed by atoms with E-state index in [9.17, 15) is 14.4 Å². The van der Waals surface area contributed by atoms with Crippen molar-refractivity contribution in [3.63, 3.8) is 0 Å². The summed E-state index contributed by atoms with van der Waals surface area (Å²) in [5.41, 5.74) is -0.462. The van der Waals surface area contributed by atoms with Crippen LogP contribution in [0.25, 0.3) is 0 Å². The molecule has 0 spiro atoms. The van der Waals surface area contributed by atoms with E-state index in [2.05, 4.69) is 10.6 Å². The first kappa shape index (κ1) is 19.3. The molecule has 0 bridgehead atoms. The zero-order valence-electron chi connectivity index (χ0n) is 13.1. The lowest BCUT2D eigenvalue weighted by atomic mass is 10.1. The van der Waals surface area contributed by atoms with Gasteiger partial charge in [-0.2, -0.15) is 0 Å². The highest BCUT2D eigenvalue weighted by Gasteiger charge is 2.16. The van der Waals surface area contributed by atoms with Crippen molar-refractivity contribution in [1.29, 1.82) is 0 Å². The van der Waals surface area contributed by atoms with Gasteiger partial charge in [0.25, 0.3) is 5.91 Å². The standard InChI is InChI=1S/C15H19ClN2O4S/c1-15(2,3)18-14(21)17-12(19)8-22-13(20)9-23-11-6-4-10(16)5-7-11/h4-7H,8-9H2,1-3H3,(H2,17,18,19,21). The second-order valence-corrected chi connectivity index (χ2v) is 7.14. The number of rotatable bonds is 5. The minimum absolute atomic E-state index is 0.0586. The van der Waals surface area contributed by atoms with Crippen molar-refractivity contribution in [1.82, 2.24) is 10.6 Å². The van der Waals surface area contributed by atoms with Gasteiger partial charge in [0.15, 0.2) is 6.61 Å². The third-order valence-electron chi connectivity index (χ3n) is 2.28. The highest BCUT2D eigenvalue weighted by Crippen LogP contribution is 2.20. The molecule has 23 heavy (non-hydrogen) atoms. The van der Waals surface area contributed by atoms with Crippen LogP contribution in [0.3, 0.4) is 0 Å². The fraction of sp³-hybridized carbons (Fsp3) is 0.400. The van der Waals surface area contributed by atoms with Gasteiger partial charge < -0.3 is 10.1 Å². The van der Waals surface area contributed by atoms with Gasteiger partial charge in [-0.25, -0.2) is 4.79 Å². The first-order valence-corrected chi connectivity index (χ1v) is 8.18. The molecular formula is C15H19ClN2O4S. The smallest absolute Gasteiger partial charge is 0.321 e. The number of carbonyl (C=O) groups excluding carboxylic acids is 3. The summed E-state index contributed by atoms with van der Waals surface area (Å²) in [6.07, 6.45) is 0. The third kappa shape index (κ3) is 9.10. The highest BCUT2D eigenvalue weighted by atomic mass is 35.5. The Morgan fingerprint density at radius 1 is 1.17 bits per heavy atom. The molecular weight excluding hydrogens is 340 g/mol. The predicted molar refractivity (Wildman–Crippen MR) is 89.6 cm³/mol. The Kier molecular flexibility index (Phi) is 7.38. The Morgan fingerprint density at radius 3 is 2.35 bits per heavy atom. The van der Waals surface area contributed by atoms with Gasteiger partial charge in [0.2, 0.25) is 0 Å². The summed E-state index contributed by atoms with van der Waals surface area (Å²) in [6.45, 7) is 4.85. The highest BCUT2D eigenvalue weighted by molar-refractivity contribution is 8.00. The summed E-state index contributed by atoms with van der Waals surface area (Å²) in [5.74, 6) is -1.17. The minimum atomic E-state index is -0.684. The predicted octanol–water partition coefficient (Wildman–Crippen LogP) is 2.60. The summed E-state index contributed by atoms with van der Waals surface area (Å²) in [4.78, 5) is 35.4. The number of benzene rings is 1. The van der Waals surface area contributed by atoms with E-state index in [1.54, 1.807) is 45.0 Å². The van der Waals surface area contributed by atoms with Gasteiger partial charge in [0, 0.05) is 15.5 Å². The molecule has 0 saturated carbocycles. The van der Waals surface area contributed by atoms with Crippen LogP contribution in [0.5, 0.6) is 0 Å². The number of hydrogen-bond acceptors (Lipinski definition) is 5. The topological polar surface area (TPSA) is 84.5 Å². The third-order valence-corrected chi connectivity index (χ3v) is 3.51. The summed E-state index contributed by atoms with van der Waals surface area (Å²) in [6, 6.07) is 6.37. The Labute approximate surface area is 144 Å². The van der Waals surface area contributed by atoms with Crippen LogP contribution in [-0.2, 0) is 14.3 Å². The molecule has 1 aromatic rings. The molecule has 0 radical (unpaired) electrons. The molecule has 0 unspecified atom stereocenters. The van der Waals surface area contributed by atoms with Crippen LogP contribution in [-0.4, -0.2) is 35.8 Å². The van der Waals surface area contributed by atoms with Gasteiger partial charge >= 0.3 is 12.0 Å². The van der Waals surface area contributed by atoms with E-state index in [1.807, 2.05) is 0 Å². The monoisotopic (exact) mass is 358 g/mol. The molecule has 0 aliphatic heterocycles. The quantitative estimate of drug-likeness (QED) is 0.624. The van der Waals surface area contributed by atoms with Crippen molar-refractivity contribution in [2.75, 3.05) is 12.4 Å². The summed E-state index contributed by atoms with van der Waals surface area (Å²) < 4.78 is 4.80. The molecule has 0 aliphatic rings. The molecule has 6 nitrogen and oxygen atoms in total. The van der Waals surface area contributed by atoms with Crippen molar-refractivity contribution in [2.45, 2.75) is 31.2 Å². The zero-order valence-corrected chi connectivity index (χ0v) is 14.7. The molecule has 0 heterocycles. The summed E-state index contributed by atoms with van der Waals surface area (Å²) in [5, 5.41) is 5.26. The van der Waals surface area contributed by atoms with Gasteiger partial charge in [-0.15, -0.1) is 11.8 Å². The minimum Gasteiger partial charge on any atom is -0.455 e. The maximum absolute atomic E-state index is 11.6. The number of halogens is 1. The Hall–Kier alpha value is -1.73. The largest absolute Gasteiger partial charge is 0.455 e. The molecule has 126 valence electrons. The van der Waals surface area contributed by atoms with E-state index >= 15 is 0 Å².